The maximum Gasteiger partial charge on any atom is 0.185 e. The van der Waals surface area contributed by atoms with Gasteiger partial charge in [-0.2, -0.15) is 0 Å². The van der Waals surface area contributed by atoms with E-state index in [1.54, 1.807) is 0 Å². The zero-order valence-corrected chi connectivity index (χ0v) is 13.3. The number of rotatable bonds is 4. The second-order valence-corrected chi connectivity index (χ2v) is 6.82. The van der Waals surface area contributed by atoms with Gasteiger partial charge in [0.2, 0.25) is 0 Å². The van der Waals surface area contributed by atoms with Crippen LogP contribution in [0.4, 0.5) is 5.13 Å². The Kier molecular flexibility index (Phi) is 4.58. The molecule has 1 aliphatic carbocycles. The molecule has 0 bridgehead atoms. The Labute approximate surface area is 125 Å². The number of ether oxygens (including phenoxy) is 1. The Morgan fingerprint density at radius 1 is 1.40 bits per heavy atom. The highest BCUT2D eigenvalue weighted by Gasteiger charge is 2.27. The van der Waals surface area contributed by atoms with Crippen LogP contribution in [0.5, 0.6) is 0 Å². The lowest BCUT2D eigenvalue weighted by Crippen LogP contribution is -2.39. The Balaban J connectivity index is 1.78. The Bertz CT molecular complexity index is 448. The third-order valence-corrected chi connectivity index (χ3v) is 5.57. The van der Waals surface area contributed by atoms with E-state index < -0.39 is 0 Å². The molecule has 20 heavy (non-hydrogen) atoms. The van der Waals surface area contributed by atoms with E-state index in [0.717, 1.165) is 19.6 Å². The van der Waals surface area contributed by atoms with Gasteiger partial charge in [0.05, 0.1) is 17.8 Å². The van der Waals surface area contributed by atoms with Gasteiger partial charge in [-0.25, -0.2) is 4.98 Å². The average Bonchev–Trinajstić information content (AvgIpc) is 2.93. The summed E-state index contributed by atoms with van der Waals surface area (Å²) in [6.07, 6.45) is 6.47. The summed E-state index contributed by atoms with van der Waals surface area (Å²) in [5.74, 6) is 0. The number of nitrogens with one attached hydrogen (secondary N) is 1. The van der Waals surface area contributed by atoms with E-state index >= 15 is 0 Å². The largest absolute Gasteiger partial charge is 0.380 e. The van der Waals surface area contributed by atoms with Gasteiger partial charge in [-0.15, -0.1) is 11.3 Å². The number of fused-ring (bicyclic) bond motifs is 1. The Hall–Kier alpha value is -0.650. The third kappa shape index (κ3) is 2.85. The van der Waals surface area contributed by atoms with Gasteiger partial charge in [0, 0.05) is 25.1 Å². The lowest BCUT2D eigenvalue weighted by Gasteiger charge is -2.31. The van der Waals surface area contributed by atoms with E-state index in [4.69, 9.17) is 9.72 Å². The number of hydrogen-bond acceptors (Lipinski definition) is 5. The van der Waals surface area contributed by atoms with Crippen molar-refractivity contribution in [2.45, 2.75) is 51.2 Å². The lowest BCUT2D eigenvalue weighted by atomic mass is 9.98. The summed E-state index contributed by atoms with van der Waals surface area (Å²) in [7, 11) is 1.82. The predicted molar refractivity (Wildman–Crippen MR) is 83.7 cm³/mol. The van der Waals surface area contributed by atoms with Crippen molar-refractivity contribution in [1.29, 1.82) is 0 Å². The molecular weight excluding hydrogens is 270 g/mol. The molecule has 1 saturated heterocycles. The summed E-state index contributed by atoms with van der Waals surface area (Å²) < 4.78 is 5.53. The van der Waals surface area contributed by atoms with Gasteiger partial charge in [-0.1, -0.05) is 6.92 Å². The number of methoxy groups -OCH3 is 1. The molecule has 0 saturated carbocycles. The van der Waals surface area contributed by atoms with Gasteiger partial charge >= 0.3 is 0 Å². The summed E-state index contributed by atoms with van der Waals surface area (Å²) in [6.45, 7) is 5.31. The number of aryl methyl sites for hydroxylation is 1. The van der Waals surface area contributed by atoms with Gasteiger partial charge in [-0.05, 0) is 38.6 Å². The minimum Gasteiger partial charge on any atom is -0.380 e. The molecule has 0 aromatic carbocycles. The molecule has 0 radical (unpaired) electrons. The van der Waals surface area contributed by atoms with Crippen LogP contribution in [0.1, 0.15) is 49.2 Å². The SMILES string of the molecule is CCNC1CCCc2sc(N3CCCC(OC)C3)nc21. The van der Waals surface area contributed by atoms with Crippen LogP contribution in [0.15, 0.2) is 0 Å². The van der Waals surface area contributed by atoms with Crippen LogP contribution in [0, 0.1) is 0 Å². The zero-order valence-electron chi connectivity index (χ0n) is 12.5. The molecule has 2 aliphatic rings. The van der Waals surface area contributed by atoms with Crippen LogP contribution in [0.3, 0.4) is 0 Å². The fraction of sp³-hybridized carbons (Fsp3) is 0.800. The number of nitrogens with zero attached hydrogens (tertiary/aromatic N) is 2. The molecule has 4 nitrogen and oxygen atoms in total. The van der Waals surface area contributed by atoms with Gasteiger partial charge < -0.3 is 15.0 Å². The van der Waals surface area contributed by atoms with Crippen molar-refractivity contribution in [3.05, 3.63) is 10.6 Å². The summed E-state index contributed by atoms with van der Waals surface area (Å²) in [5, 5.41) is 4.79. The number of aromatic nitrogens is 1. The van der Waals surface area contributed by atoms with Crippen LogP contribution in [0.25, 0.3) is 0 Å². The highest BCUT2D eigenvalue weighted by molar-refractivity contribution is 7.15. The minimum atomic E-state index is 0.370. The van der Waals surface area contributed by atoms with E-state index in [9.17, 15) is 0 Å². The molecule has 2 heterocycles. The van der Waals surface area contributed by atoms with Crippen molar-refractivity contribution in [3.63, 3.8) is 0 Å². The molecule has 5 heteroatoms. The number of thiazole rings is 1. The first-order valence-electron chi connectivity index (χ1n) is 7.82. The topological polar surface area (TPSA) is 37.4 Å². The number of hydrogen-bond donors (Lipinski definition) is 1. The predicted octanol–water partition coefficient (Wildman–Crippen LogP) is 2.75. The lowest BCUT2D eigenvalue weighted by molar-refractivity contribution is 0.0893. The molecule has 2 unspecified atom stereocenters. The summed E-state index contributed by atoms with van der Waals surface area (Å²) >= 11 is 1.90. The monoisotopic (exact) mass is 295 g/mol. The normalized spacial score (nSPS) is 26.6. The molecular formula is C15H25N3OS. The van der Waals surface area contributed by atoms with Crippen molar-refractivity contribution < 1.29 is 4.74 Å². The third-order valence-electron chi connectivity index (χ3n) is 4.38. The molecule has 1 aromatic heterocycles. The maximum atomic E-state index is 5.53. The second-order valence-electron chi connectivity index (χ2n) is 5.75. The zero-order chi connectivity index (χ0) is 13.9. The van der Waals surface area contributed by atoms with Crippen molar-refractivity contribution in [3.8, 4) is 0 Å². The summed E-state index contributed by atoms with van der Waals surface area (Å²) in [4.78, 5) is 8.89. The molecule has 112 valence electrons. The van der Waals surface area contributed by atoms with Crippen molar-refractivity contribution in [2.24, 2.45) is 0 Å². The van der Waals surface area contributed by atoms with E-state index in [0.29, 0.717) is 12.1 Å². The molecule has 1 aromatic rings. The molecule has 1 fully saturated rings. The highest BCUT2D eigenvalue weighted by Crippen LogP contribution is 2.37. The Morgan fingerprint density at radius 3 is 3.10 bits per heavy atom. The maximum absolute atomic E-state index is 5.53. The molecule has 1 aliphatic heterocycles. The van der Waals surface area contributed by atoms with Gasteiger partial charge in [0.25, 0.3) is 0 Å². The standard InChI is InChI=1S/C15H25N3OS/c1-3-16-12-7-4-8-13-14(12)17-15(20-13)18-9-5-6-11(10-18)19-2/h11-12,16H,3-10H2,1-2H3. The van der Waals surface area contributed by atoms with E-state index in [2.05, 4.69) is 17.1 Å². The fourth-order valence-electron chi connectivity index (χ4n) is 3.29. The fourth-order valence-corrected chi connectivity index (χ4v) is 4.49. The molecule has 2 atom stereocenters. The molecule has 0 amide bonds. The van der Waals surface area contributed by atoms with Crippen molar-refractivity contribution >= 4 is 16.5 Å². The van der Waals surface area contributed by atoms with E-state index in [1.807, 2.05) is 18.4 Å². The summed E-state index contributed by atoms with van der Waals surface area (Å²) in [5.41, 5.74) is 1.32. The van der Waals surface area contributed by atoms with Gasteiger partial charge in [0.15, 0.2) is 5.13 Å². The first kappa shape index (κ1) is 14.3. The highest BCUT2D eigenvalue weighted by atomic mass is 32.1. The van der Waals surface area contributed by atoms with Crippen LogP contribution in [-0.4, -0.2) is 37.8 Å². The van der Waals surface area contributed by atoms with Crippen molar-refractivity contribution in [2.75, 3.05) is 31.6 Å². The second kappa shape index (κ2) is 6.41. The first-order valence-corrected chi connectivity index (χ1v) is 8.64. The Morgan fingerprint density at radius 2 is 2.30 bits per heavy atom. The van der Waals surface area contributed by atoms with Crippen LogP contribution in [0.2, 0.25) is 0 Å². The smallest absolute Gasteiger partial charge is 0.185 e. The van der Waals surface area contributed by atoms with Crippen LogP contribution < -0.4 is 10.2 Å². The minimum absolute atomic E-state index is 0.370. The van der Waals surface area contributed by atoms with Crippen LogP contribution >= 0.6 is 11.3 Å². The van der Waals surface area contributed by atoms with Gasteiger partial charge in [-0.3, -0.25) is 0 Å². The summed E-state index contributed by atoms with van der Waals surface area (Å²) in [6, 6.07) is 0.469. The number of anilines is 1. The quantitative estimate of drug-likeness (QED) is 0.927. The van der Waals surface area contributed by atoms with Crippen LogP contribution in [-0.2, 0) is 11.2 Å². The van der Waals surface area contributed by atoms with Gasteiger partial charge in [0.1, 0.15) is 0 Å². The number of piperidine rings is 1. The molecule has 3 rings (SSSR count). The molecule has 0 spiro atoms. The van der Waals surface area contributed by atoms with E-state index in [-0.39, 0.29) is 0 Å². The average molecular weight is 295 g/mol. The molecule has 1 N–H and O–H groups in total. The van der Waals surface area contributed by atoms with Crippen molar-refractivity contribution in [1.82, 2.24) is 10.3 Å². The first-order chi connectivity index (χ1) is 9.81. The van der Waals surface area contributed by atoms with E-state index in [1.165, 1.54) is 47.8 Å².